The topological polar surface area (TPSA) is 42.6 Å². The van der Waals surface area contributed by atoms with Crippen molar-refractivity contribution in [3.63, 3.8) is 0 Å². The second kappa shape index (κ2) is 13.3. The van der Waals surface area contributed by atoms with Crippen molar-refractivity contribution in [2.75, 3.05) is 39.3 Å². The Hall–Kier alpha value is -2.26. The summed E-state index contributed by atoms with van der Waals surface area (Å²) in [7, 11) is 0. The molecular weight excluding hydrogens is 484 g/mol. The molecule has 0 atom stereocenters. The second-order valence-corrected chi connectivity index (χ2v) is 10.6. The summed E-state index contributed by atoms with van der Waals surface area (Å²) in [6, 6.07) is 12.6. The molecule has 190 valence electrons. The Bertz CT molecular complexity index is 1140. The average Bonchev–Trinajstić information content (AvgIpc) is 3.61. The number of aryl methyl sites for hydroxylation is 1. The normalized spacial score (nSPS) is 16.8. The van der Waals surface area contributed by atoms with E-state index in [4.69, 9.17) is 16.6 Å². The van der Waals surface area contributed by atoms with E-state index in [1.54, 1.807) is 11.8 Å². The van der Waals surface area contributed by atoms with Crippen LogP contribution in [-0.2, 0) is 19.3 Å². The lowest BCUT2D eigenvalue weighted by Gasteiger charge is -2.24. The van der Waals surface area contributed by atoms with Gasteiger partial charge in [-0.25, -0.2) is 0 Å². The van der Waals surface area contributed by atoms with E-state index in [0.29, 0.717) is 0 Å². The van der Waals surface area contributed by atoms with Gasteiger partial charge in [0, 0.05) is 28.6 Å². The molecule has 36 heavy (non-hydrogen) atoms. The lowest BCUT2D eigenvalue weighted by molar-refractivity contribution is 0.313. The summed E-state index contributed by atoms with van der Waals surface area (Å²) in [6.07, 6.45) is 8.62. The molecule has 2 aromatic rings. The Kier molecular flexibility index (Phi) is 9.92. The van der Waals surface area contributed by atoms with E-state index in [9.17, 15) is 5.26 Å². The second-order valence-electron chi connectivity index (χ2n) is 9.29. The number of halogens is 1. The number of likely N-dealkylation sites (tertiary alicyclic amines) is 1. The largest absolute Gasteiger partial charge is 0.355 e. The molecule has 6 heteroatoms. The van der Waals surface area contributed by atoms with Crippen LogP contribution in [0.25, 0.3) is 0 Å². The standard InChI is InChI=1S/C28H31ClN4S.C2H6/c29-26-8-3-7-25(28-31-11-16-33(28)15-5-14-32-12-1-2-13-32)24(26)10-9-23-19-21(20-30)18-22-6-4-17-34-27(22)23;1-2/h3-4,7-8,17-19H,1-2,5-6,9-16H2;1-2H3. The fourth-order valence-electron chi connectivity index (χ4n) is 5.33. The summed E-state index contributed by atoms with van der Waals surface area (Å²) >= 11 is 8.53. The van der Waals surface area contributed by atoms with Crippen molar-refractivity contribution in [3.8, 4) is 6.07 Å². The van der Waals surface area contributed by atoms with Crippen molar-refractivity contribution < 1.29 is 0 Å². The maximum absolute atomic E-state index is 9.53. The van der Waals surface area contributed by atoms with E-state index in [-0.39, 0.29) is 0 Å². The van der Waals surface area contributed by atoms with E-state index < -0.39 is 0 Å². The minimum Gasteiger partial charge on any atom is -0.355 e. The zero-order chi connectivity index (χ0) is 25.3. The van der Waals surface area contributed by atoms with Crippen LogP contribution in [0.1, 0.15) is 60.9 Å². The predicted octanol–water partition coefficient (Wildman–Crippen LogP) is 6.73. The van der Waals surface area contributed by atoms with Gasteiger partial charge in [-0.1, -0.05) is 55.4 Å². The molecule has 0 spiro atoms. The van der Waals surface area contributed by atoms with Crippen molar-refractivity contribution in [1.29, 1.82) is 5.26 Å². The SMILES string of the molecule is CC.N#Cc1cc2c(c(CCc3c(Cl)cccc3C3=NCCN3CCCN3CCCC3)c1)SC=CC2. The highest BCUT2D eigenvalue weighted by Gasteiger charge is 2.23. The van der Waals surface area contributed by atoms with Gasteiger partial charge in [0.25, 0.3) is 0 Å². The average molecular weight is 521 g/mol. The molecule has 3 aliphatic heterocycles. The first-order valence-corrected chi connectivity index (χ1v) is 14.7. The maximum atomic E-state index is 9.53. The molecule has 4 nitrogen and oxygen atoms in total. The van der Waals surface area contributed by atoms with Crippen LogP contribution in [0, 0.1) is 11.3 Å². The number of nitriles is 1. The van der Waals surface area contributed by atoms with Crippen LogP contribution in [0.15, 0.2) is 51.7 Å². The van der Waals surface area contributed by atoms with Crippen LogP contribution >= 0.6 is 23.4 Å². The molecule has 0 unspecified atom stereocenters. The number of thioether (sulfide) groups is 1. The third-order valence-electron chi connectivity index (χ3n) is 7.03. The fraction of sp³-hybridized carbons (Fsp3) is 0.467. The van der Waals surface area contributed by atoms with Crippen molar-refractivity contribution in [3.05, 3.63) is 74.7 Å². The first kappa shape index (κ1) is 26.8. The zero-order valence-electron chi connectivity index (χ0n) is 21.6. The molecule has 0 N–H and O–H groups in total. The number of amidine groups is 1. The van der Waals surface area contributed by atoms with Gasteiger partial charge in [0.2, 0.25) is 0 Å². The molecule has 2 aromatic carbocycles. The van der Waals surface area contributed by atoms with Crippen molar-refractivity contribution in [2.45, 2.75) is 57.3 Å². The van der Waals surface area contributed by atoms with Crippen LogP contribution in [0.4, 0.5) is 0 Å². The molecule has 3 heterocycles. The van der Waals surface area contributed by atoms with Gasteiger partial charge in [0.15, 0.2) is 0 Å². The molecule has 0 amide bonds. The van der Waals surface area contributed by atoms with Crippen LogP contribution in [0.5, 0.6) is 0 Å². The number of hydrogen-bond donors (Lipinski definition) is 0. The van der Waals surface area contributed by atoms with Gasteiger partial charge in [-0.2, -0.15) is 5.26 Å². The lowest BCUT2D eigenvalue weighted by atomic mass is 9.95. The molecule has 0 aliphatic carbocycles. The molecule has 0 aromatic heterocycles. The van der Waals surface area contributed by atoms with E-state index in [2.05, 4.69) is 39.5 Å². The highest BCUT2D eigenvalue weighted by Crippen LogP contribution is 2.35. The summed E-state index contributed by atoms with van der Waals surface area (Å²) in [5, 5.41) is 12.5. The Morgan fingerprint density at radius 3 is 2.72 bits per heavy atom. The highest BCUT2D eigenvalue weighted by atomic mass is 35.5. The summed E-state index contributed by atoms with van der Waals surface area (Å²) in [5.74, 6) is 1.10. The fourth-order valence-corrected chi connectivity index (χ4v) is 6.53. The van der Waals surface area contributed by atoms with Gasteiger partial charge >= 0.3 is 0 Å². The van der Waals surface area contributed by atoms with Gasteiger partial charge in [0.05, 0.1) is 18.2 Å². The summed E-state index contributed by atoms with van der Waals surface area (Å²) in [6.45, 7) is 10.6. The van der Waals surface area contributed by atoms with E-state index in [1.165, 1.54) is 66.0 Å². The third-order valence-corrected chi connectivity index (χ3v) is 8.47. The molecule has 0 saturated carbocycles. The lowest BCUT2D eigenvalue weighted by Crippen LogP contribution is -2.32. The molecular formula is C30H37ClN4S. The van der Waals surface area contributed by atoms with E-state index in [0.717, 1.165) is 55.3 Å². The number of hydrogen-bond acceptors (Lipinski definition) is 5. The van der Waals surface area contributed by atoms with Crippen LogP contribution in [0.2, 0.25) is 5.02 Å². The van der Waals surface area contributed by atoms with E-state index >= 15 is 0 Å². The smallest absolute Gasteiger partial charge is 0.131 e. The summed E-state index contributed by atoms with van der Waals surface area (Å²) in [4.78, 5) is 11.2. The Labute approximate surface area is 226 Å². The van der Waals surface area contributed by atoms with Crippen molar-refractivity contribution >= 4 is 29.2 Å². The predicted molar refractivity (Wildman–Crippen MR) is 153 cm³/mol. The maximum Gasteiger partial charge on any atom is 0.131 e. The Balaban J connectivity index is 0.00000148. The Morgan fingerprint density at radius 1 is 1.08 bits per heavy atom. The van der Waals surface area contributed by atoms with Crippen molar-refractivity contribution in [2.24, 2.45) is 4.99 Å². The number of allylic oxidation sites excluding steroid dienone is 1. The number of aliphatic imine (C=N–C) groups is 1. The minimum absolute atomic E-state index is 0.744. The Morgan fingerprint density at radius 2 is 1.92 bits per heavy atom. The minimum atomic E-state index is 0.744. The number of fused-ring (bicyclic) bond motifs is 1. The number of nitrogens with zero attached hydrogens (tertiary/aromatic N) is 4. The third kappa shape index (κ3) is 6.35. The van der Waals surface area contributed by atoms with Gasteiger partial charge in [0.1, 0.15) is 5.84 Å². The van der Waals surface area contributed by atoms with Crippen molar-refractivity contribution in [1.82, 2.24) is 9.80 Å². The molecule has 3 aliphatic rings. The van der Waals surface area contributed by atoms with E-state index in [1.807, 2.05) is 32.0 Å². The monoisotopic (exact) mass is 520 g/mol. The highest BCUT2D eigenvalue weighted by molar-refractivity contribution is 8.02. The van der Waals surface area contributed by atoms with Gasteiger partial charge in [-0.15, -0.1) is 0 Å². The molecule has 0 radical (unpaired) electrons. The van der Waals surface area contributed by atoms with Gasteiger partial charge < -0.3 is 9.80 Å². The summed E-state index contributed by atoms with van der Waals surface area (Å²) < 4.78 is 0. The first-order chi connectivity index (χ1) is 17.7. The van der Waals surface area contributed by atoms with Crippen LogP contribution < -0.4 is 0 Å². The molecule has 1 fully saturated rings. The summed E-state index contributed by atoms with van der Waals surface area (Å²) in [5.41, 5.74) is 5.58. The molecule has 1 saturated heterocycles. The number of benzene rings is 2. The van der Waals surface area contributed by atoms with Crippen LogP contribution in [-0.4, -0.2) is 54.9 Å². The van der Waals surface area contributed by atoms with Gasteiger partial charge in [-0.05, 0) is 98.5 Å². The number of rotatable bonds is 8. The van der Waals surface area contributed by atoms with Crippen LogP contribution in [0.3, 0.4) is 0 Å². The van der Waals surface area contributed by atoms with Gasteiger partial charge in [-0.3, -0.25) is 4.99 Å². The zero-order valence-corrected chi connectivity index (χ0v) is 23.2. The molecule has 0 bridgehead atoms. The first-order valence-electron chi connectivity index (χ1n) is 13.4. The quantitative estimate of drug-likeness (QED) is 0.387. The molecule has 5 rings (SSSR count).